The van der Waals surface area contributed by atoms with E-state index in [0.29, 0.717) is 35.6 Å². The highest BCUT2D eigenvalue weighted by Crippen LogP contribution is 2.41. The maximum Gasteiger partial charge on any atom is 0.331 e. The molecule has 5 aromatic rings. The first-order valence-corrected chi connectivity index (χ1v) is 12.1. The van der Waals surface area contributed by atoms with Gasteiger partial charge in [-0.3, -0.25) is 4.79 Å². The molecular formula is C30H24N2O4. The lowest BCUT2D eigenvalue weighted by atomic mass is 9.95. The Balaban J connectivity index is 1.57. The van der Waals surface area contributed by atoms with Gasteiger partial charge in [-0.2, -0.15) is 0 Å². The van der Waals surface area contributed by atoms with Gasteiger partial charge in [-0.25, -0.2) is 4.79 Å². The highest BCUT2D eigenvalue weighted by Gasteiger charge is 2.25. The fraction of sp³-hybridized carbons (Fsp3) is 0.167. The third-order valence-corrected chi connectivity index (χ3v) is 6.78. The van der Waals surface area contributed by atoms with Crippen LogP contribution in [0.15, 0.2) is 78.0 Å². The number of oxime groups is 1. The molecule has 0 fully saturated rings. The van der Waals surface area contributed by atoms with Crippen molar-refractivity contribution in [1.29, 1.82) is 0 Å². The Morgan fingerprint density at radius 2 is 1.78 bits per heavy atom. The molecule has 0 saturated carbocycles. The summed E-state index contributed by atoms with van der Waals surface area (Å²) >= 11 is 0. The van der Waals surface area contributed by atoms with Crippen LogP contribution in [0.4, 0.5) is 0 Å². The minimum absolute atomic E-state index is 0.0195. The SMILES string of the molecule is CCn1c2ccc(C(=O)c3cccc4ccccc34)cc2c2c3c(ccc21)/C(=N/OC(C)=O)CCO3. The highest BCUT2D eigenvalue weighted by molar-refractivity contribution is 6.21. The van der Waals surface area contributed by atoms with Gasteiger partial charge >= 0.3 is 5.97 Å². The van der Waals surface area contributed by atoms with E-state index < -0.39 is 5.97 Å². The predicted molar refractivity (Wildman–Crippen MR) is 141 cm³/mol. The van der Waals surface area contributed by atoms with Crippen LogP contribution in [0.2, 0.25) is 0 Å². The minimum Gasteiger partial charge on any atom is -0.492 e. The largest absolute Gasteiger partial charge is 0.492 e. The molecule has 6 nitrogen and oxygen atoms in total. The maximum atomic E-state index is 13.7. The quantitative estimate of drug-likeness (QED) is 0.175. The lowest BCUT2D eigenvalue weighted by molar-refractivity contribution is -0.140. The molecule has 1 aliphatic rings. The van der Waals surface area contributed by atoms with E-state index in [4.69, 9.17) is 9.57 Å². The molecule has 0 atom stereocenters. The molecule has 0 saturated heterocycles. The topological polar surface area (TPSA) is 69.9 Å². The van der Waals surface area contributed by atoms with Crippen molar-refractivity contribution in [2.75, 3.05) is 6.61 Å². The zero-order chi connectivity index (χ0) is 24.8. The number of carbonyl (C=O) groups excluding carboxylic acids is 2. The van der Waals surface area contributed by atoms with Gasteiger partial charge in [0.2, 0.25) is 0 Å². The molecule has 4 aromatic carbocycles. The molecular weight excluding hydrogens is 452 g/mol. The third kappa shape index (κ3) is 3.45. The van der Waals surface area contributed by atoms with Gasteiger partial charge in [0.05, 0.1) is 23.2 Å². The molecule has 0 spiro atoms. The number of aryl methyl sites for hydroxylation is 1. The first-order valence-electron chi connectivity index (χ1n) is 12.1. The molecule has 36 heavy (non-hydrogen) atoms. The van der Waals surface area contributed by atoms with E-state index in [0.717, 1.165) is 44.7 Å². The molecule has 0 aliphatic carbocycles. The number of ketones is 1. The van der Waals surface area contributed by atoms with Crippen LogP contribution in [0.3, 0.4) is 0 Å². The van der Waals surface area contributed by atoms with Gasteiger partial charge in [-0.05, 0) is 48.0 Å². The number of rotatable bonds is 4. The van der Waals surface area contributed by atoms with E-state index in [1.54, 1.807) is 0 Å². The summed E-state index contributed by atoms with van der Waals surface area (Å²) < 4.78 is 8.38. The summed E-state index contributed by atoms with van der Waals surface area (Å²) in [6, 6.07) is 23.6. The molecule has 0 bridgehead atoms. The fourth-order valence-corrected chi connectivity index (χ4v) is 5.20. The van der Waals surface area contributed by atoms with Gasteiger partial charge in [0.25, 0.3) is 0 Å². The molecule has 0 unspecified atom stereocenters. The number of ether oxygens (including phenoxy) is 1. The van der Waals surface area contributed by atoms with Crippen molar-refractivity contribution < 1.29 is 19.2 Å². The summed E-state index contributed by atoms with van der Waals surface area (Å²) in [5.74, 6) is 0.223. The van der Waals surface area contributed by atoms with E-state index >= 15 is 0 Å². The molecule has 6 rings (SSSR count). The molecule has 6 heteroatoms. The first-order chi connectivity index (χ1) is 17.6. The van der Waals surface area contributed by atoms with Gasteiger partial charge < -0.3 is 14.1 Å². The molecule has 2 heterocycles. The number of benzene rings is 4. The summed E-state index contributed by atoms with van der Waals surface area (Å²) in [4.78, 5) is 30.0. The van der Waals surface area contributed by atoms with Crippen LogP contribution in [-0.2, 0) is 16.2 Å². The van der Waals surface area contributed by atoms with Crippen molar-refractivity contribution in [3.8, 4) is 5.75 Å². The number of carbonyl (C=O) groups is 2. The van der Waals surface area contributed by atoms with Crippen molar-refractivity contribution in [2.45, 2.75) is 26.8 Å². The second-order valence-corrected chi connectivity index (χ2v) is 8.89. The lowest BCUT2D eigenvalue weighted by Crippen LogP contribution is -2.17. The third-order valence-electron chi connectivity index (χ3n) is 6.78. The average molecular weight is 477 g/mol. The summed E-state index contributed by atoms with van der Waals surface area (Å²) in [6.07, 6.45) is 0.545. The van der Waals surface area contributed by atoms with Crippen molar-refractivity contribution in [3.63, 3.8) is 0 Å². The van der Waals surface area contributed by atoms with Crippen molar-refractivity contribution >= 4 is 50.0 Å². The number of hydrogen-bond donors (Lipinski definition) is 0. The van der Waals surface area contributed by atoms with Crippen LogP contribution in [0.1, 0.15) is 41.8 Å². The Morgan fingerprint density at radius 3 is 2.61 bits per heavy atom. The van der Waals surface area contributed by atoms with Gasteiger partial charge in [0.1, 0.15) is 5.75 Å². The number of aromatic nitrogens is 1. The van der Waals surface area contributed by atoms with Gasteiger partial charge in [-0.1, -0.05) is 47.6 Å². The lowest BCUT2D eigenvalue weighted by Gasteiger charge is -2.19. The highest BCUT2D eigenvalue weighted by atomic mass is 16.7. The van der Waals surface area contributed by atoms with Crippen molar-refractivity contribution in [3.05, 3.63) is 89.5 Å². The second-order valence-electron chi connectivity index (χ2n) is 8.89. The fourth-order valence-electron chi connectivity index (χ4n) is 5.20. The van der Waals surface area contributed by atoms with Gasteiger partial charge in [0, 0.05) is 47.5 Å². The standard InChI is InChI=1S/C30H24N2O4/c1-3-32-26-13-11-20(29(34)22-10-6-8-19-7-4-5-9-21(19)22)17-24(26)28-27(32)14-12-23-25(31-36-18(2)33)15-16-35-30(23)28/h4-14,17H,3,15-16H2,1-2H3/b31-25+. The van der Waals surface area contributed by atoms with Crippen LogP contribution >= 0.6 is 0 Å². The number of hydrogen-bond acceptors (Lipinski definition) is 5. The average Bonchev–Trinajstić information content (AvgIpc) is 3.24. The Kier molecular flexibility index (Phi) is 5.29. The number of fused-ring (bicyclic) bond motifs is 6. The van der Waals surface area contributed by atoms with Gasteiger partial charge in [0.15, 0.2) is 5.78 Å². The zero-order valence-corrected chi connectivity index (χ0v) is 20.1. The van der Waals surface area contributed by atoms with Gasteiger partial charge in [-0.15, -0.1) is 0 Å². The van der Waals surface area contributed by atoms with E-state index in [2.05, 4.69) is 16.6 Å². The summed E-state index contributed by atoms with van der Waals surface area (Å²) in [7, 11) is 0. The van der Waals surface area contributed by atoms with E-state index in [1.165, 1.54) is 6.92 Å². The molecule has 178 valence electrons. The van der Waals surface area contributed by atoms with E-state index in [1.807, 2.05) is 72.8 Å². The Bertz CT molecular complexity index is 1720. The summed E-state index contributed by atoms with van der Waals surface area (Å²) in [5.41, 5.74) is 4.83. The Morgan fingerprint density at radius 1 is 0.972 bits per heavy atom. The molecule has 0 radical (unpaired) electrons. The Labute approximate surface area is 207 Å². The van der Waals surface area contributed by atoms with Crippen LogP contribution < -0.4 is 4.74 Å². The first kappa shape index (κ1) is 22.0. The predicted octanol–water partition coefficient (Wildman–Crippen LogP) is 6.25. The smallest absolute Gasteiger partial charge is 0.331 e. The summed E-state index contributed by atoms with van der Waals surface area (Å²) in [6.45, 7) is 4.63. The monoisotopic (exact) mass is 476 g/mol. The van der Waals surface area contributed by atoms with Crippen LogP contribution in [0, 0.1) is 0 Å². The molecule has 1 aliphatic heterocycles. The Hall–Kier alpha value is -4.45. The molecule has 0 amide bonds. The normalized spacial score (nSPS) is 14.2. The van der Waals surface area contributed by atoms with Crippen LogP contribution in [-0.4, -0.2) is 28.6 Å². The van der Waals surface area contributed by atoms with Crippen LogP contribution in [0.25, 0.3) is 32.6 Å². The zero-order valence-electron chi connectivity index (χ0n) is 20.1. The second kappa shape index (κ2) is 8.64. The summed E-state index contributed by atoms with van der Waals surface area (Å²) in [5, 5.41) is 7.94. The minimum atomic E-state index is -0.462. The molecule has 0 N–H and O–H groups in total. The maximum absolute atomic E-state index is 13.7. The van der Waals surface area contributed by atoms with Crippen molar-refractivity contribution in [1.82, 2.24) is 4.57 Å². The molecule has 1 aromatic heterocycles. The number of nitrogens with zero attached hydrogens (tertiary/aromatic N) is 2. The van der Waals surface area contributed by atoms with E-state index in [-0.39, 0.29) is 5.78 Å². The van der Waals surface area contributed by atoms with E-state index in [9.17, 15) is 9.59 Å². The van der Waals surface area contributed by atoms with Crippen molar-refractivity contribution in [2.24, 2.45) is 5.16 Å². The van der Waals surface area contributed by atoms with Crippen LogP contribution in [0.5, 0.6) is 5.75 Å².